The molecule has 1 aromatic carbocycles. The van der Waals surface area contributed by atoms with Crippen LogP contribution in [0.4, 0.5) is 9.18 Å². The number of halogens is 1. The molecule has 1 atom stereocenters. The zero-order chi connectivity index (χ0) is 15.7. The number of hydrogen-bond donors (Lipinski definition) is 3. The number of hydrogen-bond acceptors (Lipinski definition) is 2. The van der Waals surface area contributed by atoms with Crippen molar-refractivity contribution in [3.05, 3.63) is 35.6 Å². The van der Waals surface area contributed by atoms with Crippen molar-refractivity contribution in [3.63, 3.8) is 0 Å². The number of aliphatic carboxylic acids is 1. The smallest absolute Gasteiger partial charge is 0.315 e. The number of urea groups is 1. The average molecular weight is 296 g/mol. The first-order valence-electron chi connectivity index (χ1n) is 6.98. The van der Waals surface area contributed by atoms with Gasteiger partial charge in [-0.15, -0.1) is 0 Å². The molecule has 0 aromatic heterocycles. The molecule has 0 radical (unpaired) electrons. The molecule has 1 rings (SSSR count). The van der Waals surface area contributed by atoms with E-state index >= 15 is 0 Å². The molecule has 1 aromatic rings. The molecule has 6 heteroatoms. The predicted molar refractivity (Wildman–Crippen MR) is 77.6 cm³/mol. The van der Waals surface area contributed by atoms with E-state index in [-0.39, 0.29) is 24.3 Å². The topological polar surface area (TPSA) is 78.4 Å². The van der Waals surface area contributed by atoms with Crippen molar-refractivity contribution >= 4 is 12.0 Å². The molecule has 0 heterocycles. The molecular formula is C15H21FN2O3. The van der Waals surface area contributed by atoms with Crippen molar-refractivity contribution in [1.29, 1.82) is 0 Å². The first-order chi connectivity index (χ1) is 9.97. The summed E-state index contributed by atoms with van der Waals surface area (Å²) in [6, 6.07) is 5.87. The zero-order valence-corrected chi connectivity index (χ0v) is 12.1. The number of benzene rings is 1. The first kappa shape index (κ1) is 16.9. The van der Waals surface area contributed by atoms with Gasteiger partial charge in [0.05, 0.1) is 0 Å². The minimum Gasteiger partial charge on any atom is -0.481 e. The van der Waals surface area contributed by atoms with Gasteiger partial charge in [-0.1, -0.05) is 12.1 Å². The Bertz CT molecular complexity index is 480. The molecule has 5 nitrogen and oxygen atoms in total. The number of carboxylic acid groups (broad SMARTS) is 1. The third-order valence-corrected chi connectivity index (χ3v) is 2.99. The van der Waals surface area contributed by atoms with Crippen LogP contribution in [0.3, 0.4) is 0 Å². The molecule has 116 valence electrons. The quantitative estimate of drug-likeness (QED) is 0.689. The molecule has 3 N–H and O–H groups in total. The third-order valence-electron chi connectivity index (χ3n) is 2.99. The molecule has 0 aliphatic heterocycles. The fourth-order valence-electron chi connectivity index (χ4n) is 1.92. The van der Waals surface area contributed by atoms with Gasteiger partial charge in [-0.3, -0.25) is 4.79 Å². The maximum Gasteiger partial charge on any atom is 0.315 e. The minimum absolute atomic E-state index is 0.0847. The highest BCUT2D eigenvalue weighted by atomic mass is 19.1. The van der Waals surface area contributed by atoms with E-state index in [1.807, 2.05) is 6.92 Å². The van der Waals surface area contributed by atoms with Crippen LogP contribution in [-0.4, -0.2) is 29.7 Å². The van der Waals surface area contributed by atoms with Crippen LogP contribution in [0.2, 0.25) is 0 Å². The lowest BCUT2D eigenvalue weighted by atomic mass is 10.1. The zero-order valence-electron chi connectivity index (χ0n) is 12.1. The molecule has 21 heavy (non-hydrogen) atoms. The van der Waals surface area contributed by atoms with Gasteiger partial charge in [0.25, 0.3) is 0 Å². The molecule has 0 saturated heterocycles. The van der Waals surface area contributed by atoms with E-state index in [1.165, 1.54) is 12.1 Å². The number of nitrogens with one attached hydrogen (secondary N) is 2. The van der Waals surface area contributed by atoms with Crippen LogP contribution < -0.4 is 10.6 Å². The Morgan fingerprint density at radius 1 is 1.38 bits per heavy atom. The van der Waals surface area contributed by atoms with Gasteiger partial charge < -0.3 is 15.7 Å². The Morgan fingerprint density at radius 2 is 2.14 bits per heavy atom. The monoisotopic (exact) mass is 296 g/mol. The molecule has 0 aliphatic carbocycles. The maximum atomic E-state index is 13.0. The van der Waals surface area contributed by atoms with Crippen LogP contribution >= 0.6 is 0 Å². The van der Waals surface area contributed by atoms with Crippen molar-refractivity contribution in [1.82, 2.24) is 10.6 Å². The van der Waals surface area contributed by atoms with E-state index in [2.05, 4.69) is 10.6 Å². The number of carboxylic acids is 1. The number of carbonyl (C=O) groups is 2. The molecule has 2 amide bonds. The lowest BCUT2D eigenvalue weighted by Crippen LogP contribution is -2.41. The second-order valence-electron chi connectivity index (χ2n) is 4.97. The van der Waals surface area contributed by atoms with Gasteiger partial charge in [0.1, 0.15) is 5.82 Å². The normalized spacial score (nSPS) is 11.7. The van der Waals surface area contributed by atoms with Crippen molar-refractivity contribution in [2.75, 3.05) is 6.54 Å². The number of carbonyl (C=O) groups excluding carboxylic acids is 1. The third kappa shape index (κ3) is 7.91. The Hall–Kier alpha value is -2.11. The van der Waals surface area contributed by atoms with Gasteiger partial charge in [-0.25, -0.2) is 9.18 Å². The summed E-state index contributed by atoms with van der Waals surface area (Å²) in [5.41, 5.74) is 0.824. The summed E-state index contributed by atoms with van der Waals surface area (Å²) in [6.07, 6.45) is 1.80. The van der Waals surface area contributed by atoms with Gasteiger partial charge in [-0.2, -0.15) is 0 Å². The van der Waals surface area contributed by atoms with Gasteiger partial charge in [0, 0.05) is 19.0 Å². The molecular weight excluding hydrogens is 275 g/mol. The summed E-state index contributed by atoms with van der Waals surface area (Å²) in [5, 5.41) is 14.0. The largest absolute Gasteiger partial charge is 0.481 e. The van der Waals surface area contributed by atoms with E-state index in [9.17, 15) is 14.0 Å². The molecule has 1 unspecified atom stereocenters. The van der Waals surface area contributed by atoms with Crippen LogP contribution in [0.25, 0.3) is 0 Å². The van der Waals surface area contributed by atoms with Crippen LogP contribution in [0, 0.1) is 5.82 Å². The first-order valence-corrected chi connectivity index (χ1v) is 6.98. The van der Waals surface area contributed by atoms with Crippen LogP contribution in [0.15, 0.2) is 24.3 Å². The van der Waals surface area contributed by atoms with Gasteiger partial charge in [0.2, 0.25) is 0 Å². The highest BCUT2D eigenvalue weighted by molar-refractivity contribution is 5.74. The van der Waals surface area contributed by atoms with Gasteiger partial charge >= 0.3 is 12.0 Å². The number of rotatable bonds is 8. The van der Waals surface area contributed by atoms with Crippen molar-refractivity contribution in [3.8, 4) is 0 Å². The summed E-state index contributed by atoms with van der Waals surface area (Å²) in [4.78, 5) is 22.0. The lowest BCUT2D eigenvalue weighted by Gasteiger charge is -2.14. The van der Waals surface area contributed by atoms with E-state index in [4.69, 9.17) is 5.11 Å². The van der Waals surface area contributed by atoms with E-state index < -0.39 is 5.97 Å². The second kappa shape index (κ2) is 8.94. The Balaban J connectivity index is 2.17. The summed E-state index contributed by atoms with van der Waals surface area (Å²) in [7, 11) is 0. The van der Waals surface area contributed by atoms with Crippen LogP contribution in [0.5, 0.6) is 0 Å². The van der Waals surface area contributed by atoms with E-state index in [0.717, 1.165) is 5.56 Å². The van der Waals surface area contributed by atoms with E-state index in [0.29, 0.717) is 25.8 Å². The van der Waals surface area contributed by atoms with Crippen LogP contribution in [-0.2, 0) is 11.2 Å². The molecule has 0 aliphatic rings. The summed E-state index contributed by atoms with van der Waals surface area (Å²) in [6.45, 7) is 2.24. The average Bonchev–Trinajstić information content (AvgIpc) is 2.38. The predicted octanol–water partition coefficient (Wildman–Crippen LogP) is 2.31. The fraction of sp³-hybridized carbons (Fsp3) is 0.467. The molecule has 0 bridgehead atoms. The van der Waals surface area contributed by atoms with E-state index in [1.54, 1.807) is 12.1 Å². The fourth-order valence-corrected chi connectivity index (χ4v) is 1.92. The molecule has 0 saturated carbocycles. The Morgan fingerprint density at radius 3 is 2.81 bits per heavy atom. The number of amides is 2. The minimum atomic E-state index is -0.832. The Kier molecular flexibility index (Phi) is 7.21. The maximum absolute atomic E-state index is 13.0. The summed E-state index contributed by atoms with van der Waals surface area (Å²) in [5.74, 6) is -1.12. The lowest BCUT2D eigenvalue weighted by molar-refractivity contribution is -0.137. The van der Waals surface area contributed by atoms with Gasteiger partial charge in [0.15, 0.2) is 0 Å². The van der Waals surface area contributed by atoms with Crippen molar-refractivity contribution in [2.24, 2.45) is 0 Å². The van der Waals surface area contributed by atoms with Gasteiger partial charge in [-0.05, 0) is 43.9 Å². The van der Waals surface area contributed by atoms with Crippen molar-refractivity contribution in [2.45, 2.75) is 38.6 Å². The summed E-state index contributed by atoms with van der Waals surface area (Å²) >= 11 is 0. The molecule has 0 spiro atoms. The summed E-state index contributed by atoms with van der Waals surface area (Å²) < 4.78 is 13.0. The Labute approximate surface area is 123 Å². The highest BCUT2D eigenvalue weighted by Gasteiger charge is 2.07. The van der Waals surface area contributed by atoms with Crippen molar-refractivity contribution < 1.29 is 19.1 Å². The SMILES string of the molecule is CC(CCCC(=O)O)NC(=O)NCCc1cccc(F)c1. The van der Waals surface area contributed by atoms with Crippen LogP contribution in [0.1, 0.15) is 31.7 Å². The highest BCUT2D eigenvalue weighted by Crippen LogP contribution is 2.03. The standard InChI is InChI=1S/C15H21FN2O3/c1-11(4-2-7-14(19)20)18-15(21)17-9-8-12-5-3-6-13(16)10-12/h3,5-6,10-11H,2,4,7-9H2,1H3,(H,19,20)(H2,17,18,21). The molecule has 0 fully saturated rings. The second-order valence-corrected chi connectivity index (χ2v) is 4.97.